The average Bonchev–Trinajstić information content (AvgIpc) is 2.76. The molecule has 0 radical (unpaired) electrons. The quantitative estimate of drug-likeness (QED) is 0.872. The molecular formula is C13H22N2S. The van der Waals surface area contributed by atoms with Gasteiger partial charge in [0.2, 0.25) is 0 Å². The van der Waals surface area contributed by atoms with E-state index in [1.807, 2.05) is 11.3 Å². The third kappa shape index (κ3) is 2.16. The van der Waals surface area contributed by atoms with Crippen LogP contribution in [0.15, 0.2) is 5.38 Å². The second-order valence-corrected chi connectivity index (χ2v) is 5.84. The molecule has 1 fully saturated rings. The Morgan fingerprint density at radius 2 is 2.19 bits per heavy atom. The van der Waals surface area contributed by atoms with Crippen LogP contribution >= 0.6 is 11.3 Å². The fraction of sp³-hybridized carbons (Fsp3) is 0.769. The van der Waals surface area contributed by atoms with E-state index in [1.165, 1.54) is 37.1 Å². The summed E-state index contributed by atoms with van der Waals surface area (Å²) in [6.07, 6.45) is 6.51. The highest BCUT2D eigenvalue weighted by molar-refractivity contribution is 7.09. The first-order valence-corrected chi connectivity index (χ1v) is 7.19. The van der Waals surface area contributed by atoms with Crippen molar-refractivity contribution in [3.8, 4) is 0 Å². The topological polar surface area (TPSA) is 24.9 Å². The monoisotopic (exact) mass is 238 g/mol. The highest BCUT2D eigenvalue weighted by atomic mass is 32.1. The molecule has 90 valence electrons. The van der Waals surface area contributed by atoms with Gasteiger partial charge in [-0.15, -0.1) is 11.3 Å². The minimum absolute atomic E-state index is 0.171. The molecule has 16 heavy (non-hydrogen) atoms. The van der Waals surface area contributed by atoms with E-state index in [4.69, 9.17) is 0 Å². The van der Waals surface area contributed by atoms with E-state index >= 15 is 0 Å². The number of hydrogen-bond donors (Lipinski definition) is 1. The van der Waals surface area contributed by atoms with Gasteiger partial charge in [0.05, 0.1) is 5.54 Å². The van der Waals surface area contributed by atoms with Crippen molar-refractivity contribution in [3.05, 3.63) is 16.1 Å². The molecule has 1 aliphatic rings. The van der Waals surface area contributed by atoms with Crippen molar-refractivity contribution in [1.29, 1.82) is 0 Å². The molecule has 3 heteroatoms. The van der Waals surface area contributed by atoms with Crippen LogP contribution in [0.1, 0.15) is 49.7 Å². The van der Waals surface area contributed by atoms with Crippen molar-refractivity contribution in [3.63, 3.8) is 0 Å². The lowest BCUT2D eigenvalue weighted by atomic mass is 9.76. The number of rotatable bonds is 3. The zero-order chi connectivity index (χ0) is 11.6. The lowest BCUT2D eigenvalue weighted by Crippen LogP contribution is -2.43. The first-order valence-electron chi connectivity index (χ1n) is 6.31. The second-order valence-electron chi connectivity index (χ2n) is 4.98. The van der Waals surface area contributed by atoms with Crippen molar-refractivity contribution in [1.82, 2.24) is 10.3 Å². The molecule has 0 unspecified atom stereocenters. The molecule has 1 heterocycles. The molecule has 0 aliphatic heterocycles. The smallest absolute Gasteiger partial charge is 0.113 e. The molecule has 2 rings (SSSR count). The van der Waals surface area contributed by atoms with Gasteiger partial charge in [0.1, 0.15) is 5.01 Å². The van der Waals surface area contributed by atoms with E-state index in [2.05, 4.69) is 36.6 Å². The van der Waals surface area contributed by atoms with Gasteiger partial charge in [-0.25, -0.2) is 4.98 Å². The molecular weight excluding hydrogens is 216 g/mol. The first kappa shape index (κ1) is 12.1. The predicted octanol–water partition coefficient (Wildman–Crippen LogP) is 3.47. The van der Waals surface area contributed by atoms with Crippen LogP contribution in [0.3, 0.4) is 0 Å². The normalized spacial score (nSPS) is 30.6. The summed E-state index contributed by atoms with van der Waals surface area (Å²) < 4.78 is 0. The van der Waals surface area contributed by atoms with Gasteiger partial charge in [0.25, 0.3) is 0 Å². The Balaban J connectivity index is 2.15. The fourth-order valence-electron chi connectivity index (χ4n) is 2.72. The van der Waals surface area contributed by atoms with E-state index in [9.17, 15) is 0 Å². The third-order valence-electron chi connectivity index (χ3n) is 4.04. The Morgan fingerprint density at radius 1 is 1.50 bits per heavy atom. The van der Waals surface area contributed by atoms with E-state index in [1.54, 1.807) is 0 Å². The lowest BCUT2D eigenvalue weighted by Gasteiger charge is -2.38. The van der Waals surface area contributed by atoms with Crippen LogP contribution in [0, 0.1) is 12.8 Å². The number of aryl methyl sites for hydroxylation is 1. The molecule has 0 aromatic carbocycles. The third-order valence-corrected chi connectivity index (χ3v) is 5.21. The first-order chi connectivity index (χ1) is 7.70. The molecule has 0 amide bonds. The summed E-state index contributed by atoms with van der Waals surface area (Å²) in [7, 11) is 2.09. The maximum atomic E-state index is 4.68. The second kappa shape index (κ2) is 4.84. The minimum Gasteiger partial charge on any atom is -0.308 e. The number of nitrogens with zero attached hydrogens (tertiary/aromatic N) is 1. The van der Waals surface area contributed by atoms with Crippen LogP contribution in [0.2, 0.25) is 0 Å². The maximum Gasteiger partial charge on any atom is 0.113 e. The largest absolute Gasteiger partial charge is 0.308 e. The summed E-state index contributed by atoms with van der Waals surface area (Å²) in [5.41, 5.74) is 1.33. The van der Waals surface area contributed by atoms with Crippen molar-refractivity contribution < 1.29 is 0 Å². The average molecular weight is 238 g/mol. The number of aromatic nitrogens is 1. The van der Waals surface area contributed by atoms with Crippen LogP contribution < -0.4 is 5.32 Å². The van der Waals surface area contributed by atoms with E-state index in [0.717, 1.165) is 11.6 Å². The summed E-state index contributed by atoms with van der Waals surface area (Å²) >= 11 is 1.81. The predicted molar refractivity (Wildman–Crippen MR) is 69.8 cm³/mol. The molecule has 1 aliphatic carbocycles. The number of thiazole rings is 1. The van der Waals surface area contributed by atoms with Crippen molar-refractivity contribution in [2.24, 2.45) is 5.92 Å². The van der Waals surface area contributed by atoms with Gasteiger partial charge in [0, 0.05) is 11.1 Å². The standard InChI is InChI=1S/C13H22N2S/c1-4-11-5-7-13(14-3,8-6-11)12-15-10(2)9-16-12/h9,11,14H,4-8H2,1-3H3. The van der Waals surface area contributed by atoms with Gasteiger partial charge >= 0.3 is 0 Å². The molecule has 2 nitrogen and oxygen atoms in total. The molecule has 0 saturated heterocycles. The van der Waals surface area contributed by atoms with E-state index in [0.29, 0.717) is 0 Å². The summed E-state index contributed by atoms with van der Waals surface area (Å²) in [6.45, 7) is 4.39. The minimum atomic E-state index is 0.171. The number of hydrogen-bond acceptors (Lipinski definition) is 3. The Morgan fingerprint density at radius 3 is 2.62 bits per heavy atom. The van der Waals surface area contributed by atoms with Crippen LogP contribution in [0.4, 0.5) is 0 Å². The Labute approximate surface area is 102 Å². The van der Waals surface area contributed by atoms with Gasteiger partial charge in [-0.05, 0) is 45.6 Å². The van der Waals surface area contributed by atoms with Crippen LogP contribution in [0.25, 0.3) is 0 Å². The molecule has 1 aromatic heterocycles. The van der Waals surface area contributed by atoms with Crippen LogP contribution in [-0.2, 0) is 5.54 Å². The zero-order valence-corrected chi connectivity index (χ0v) is 11.4. The van der Waals surface area contributed by atoms with Crippen LogP contribution in [-0.4, -0.2) is 12.0 Å². The summed E-state index contributed by atoms with van der Waals surface area (Å²) in [5.74, 6) is 0.933. The van der Waals surface area contributed by atoms with Gasteiger partial charge in [0.15, 0.2) is 0 Å². The van der Waals surface area contributed by atoms with Crippen molar-refractivity contribution in [2.45, 2.75) is 51.5 Å². The maximum absolute atomic E-state index is 4.68. The lowest BCUT2D eigenvalue weighted by molar-refractivity contribution is 0.195. The Hall–Kier alpha value is -0.410. The summed E-state index contributed by atoms with van der Waals surface area (Å²) in [4.78, 5) is 4.68. The van der Waals surface area contributed by atoms with Gasteiger partial charge in [-0.2, -0.15) is 0 Å². The van der Waals surface area contributed by atoms with Crippen molar-refractivity contribution >= 4 is 11.3 Å². The molecule has 1 aromatic rings. The molecule has 0 bridgehead atoms. The highest BCUT2D eigenvalue weighted by Gasteiger charge is 2.37. The molecule has 1 N–H and O–H groups in total. The van der Waals surface area contributed by atoms with Crippen LogP contribution in [0.5, 0.6) is 0 Å². The number of nitrogens with one attached hydrogen (secondary N) is 1. The van der Waals surface area contributed by atoms with Crippen molar-refractivity contribution in [2.75, 3.05) is 7.05 Å². The highest BCUT2D eigenvalue weighted by Crippen LogP contribution is 2.41. The zero-order valence-electron chi connectivity index (χ0n) is 10.5. The van der Waals surface area contributed by atoms with Gasteiger partial charge in [-0.1, -0.05) is 13.3 Å². The van der Waals surface area contributed by atoms with E-state index < -0.39 is 0 Å². The summed E-state index contributed by atoms with van der Waals surface area (Å²) in [6, 6.07) is 0. The Kier molecular flexibility index (Phi) is 3.65. The fourth-order valence-corrected chi connectivity index (χ4v) is 3.79. The Bertz CT molecular complexity index is 337. The molecule has 0 atom stereocenters. The molecule has 0 spiro atoms. The SMILES string of the molecule is CCC1CCC(NC)(c2nc(C)cs2)CC1. The van der Waals surface area contributed by atoms with Gasteiger partial charge in [-0.3, -0.25) is 0 Å². The summed E-state index contributed by atoms with van der Waals surface area (Å²) in [5, 5.41) is 7.00. The molecule has 1 saturated carbocycles. The van der Waals surface area contributed by atoms with E-state index in [-0.39, 0.29) is 5.54 Å². The van der Waals surface area contributed by atoms with Gasteiger partial charge < -0.3 is 5.32 Å².